The highest BCUT2D eigenvalue weighted by atomic mass is 19.4. The topological polar surface area (TPSA) is 110 Å². The zero-order valence-electron chi connectivity index (χ0n) is 17.9. The van der Waals surface area contributed by atoms with E-state index in [1.165, 1.54) is 30.7 Å². The van der Waals surface area contributed by atoms with Gasteiger partial charge in [0, 0.05) is 49.3 Å². The predicted octanol–water partition coefficient (Wildman–Crippen LogP) is 3.00. The van der Waals surface area contributed by atoms with Crippen LogP contribution in [-0.4, -0.2) is 55.6 Å². The van der Waals surface area contributed by atoms with Crippen molar-refractivity contribution in [3.05, 3.63) is 71.9 Å². The SMILES string of the molecule is O=C(c1ccn(Cc2cccc(OC(F)(F)F)c2)c1)c1cncnc1N[C@@H]1C[C@H](CO)[C@@H](O)C1. The average Bonchev–Trinajstić information content (AvgIpc) is 3.38. The van der Waals surface area contributed by atoms with Gasteiger partial charge in [-0.15, -0.1) is 13.2 Å². The monoisotopic (exact) mass is 476 g/mol. The van der Waals surface area contributed by atoms with Gasteiger partial charge in [-0.2, -0.15) is 0 Å². The van der Waals surface area contributed by atoms with Crippen LogP contribution in [-0.2, 0) is 6.54 Å². The van der Waals surface area contributed by atoms with Crippen molar-refractivity contribution in [2.45, 2.75) is 37.9 Å². The number of rotatable bonds is 8. The molecule has 1 saturated carbocycles. The minimum atomic E-state index is -4.77. The molecule has 1 aliphatic carbocycles. The number of benzene rings is 1. The molecule has 0 aliphatic heterocycles. The number of nitrogens with one attached hydrogen (secondary N) is 1. The van der Waals surface area contributed by atoms with Crippen molar-refractivity contribution in [1.82, 2.24) is 14.5 Å². The number of carbonyl (C=O) groups excluding carboxylic acids is 1. The Hall–Kier alpha value is -3.44. The molecular formula is C23H23F3N4O4. The van der Waals surface area contributed by atoms with Crippen LogP contribution in [0.2, 0.25) is 0 Å². The van der Waals surface area contributed by atoms with Gasteiger partial charge in [-0.1, -0.05) is 12.1 Å². The number of aliphatic hydroxyl groups excluding tert-OH is 2. The smallest absolute Gasteiger partial charge is 0.406 e. The molecule has 2 heterocycles. The summed E-state index contributed by atoms with van der Waals surface area (Å²) in [5, 5.41) is 22.6. The van der Waals surface area contributed by atoms with Crippen molar-refractivity contribution < 1.29 is 32.9 Å². The first-order chi connectivity index (χ1) is 16.2. The third-order valence-corrected chi connectivity index (χ3v) is 5.70. The van der Waals surface area contributed by atoms with Gasteiger partial charge in [0.25, 0.3) is 0 Å². The fourth-order valence-electron chi connectivity index (χ4n) is 4.10. The summed E-state index contributed by atoms with van der Waals surface area (Å²) in [6, 6.07) is 7.09. The van der Waals surface area contributed by atoms with Crippen LogP contribution in [0.5, 0.6) is 5.75 Å². The molecular weight excluding hydrogens is 453 g/mol. The van der Waals surface area contributed by atoms with Gasteiger partial charge in [0.2, 0.25) is 0 Å². The maximum Gasteiger partial charge on any atom is 0.573 e. The standard InChI is InChI=1S/C23H23F3N4O4/c24-23(25,26)34-18-3-1-2-14(6-18)10-30-5-4-15(11-30)21(33)19-9-27-13-28-22(19)29-17-7-16(12-31)20(32)8-17/h1-6,9,11,13,16-17,20,31-32H,7-8,10,12H2,(H,27,28,29)/t16-,17-,20+/m1/s1. The molecule has 34 heavy (non-hydrogen) atoms. The quantitative estimate of drug-likeness (QED) is 0.429. The summed E-state index contributed by atoms with van der Waals surface area (Å²) in [7, 11) is 0. The molecule has 0 radical (unpaired) electrons. The molecule has 1 fully saturated rings. The van der Waals surface area contributed by atoms with Crippen LogP contribution >= 0.6 is 0 Å². The van der Waals surface area contributed by atoms with E-state index in [2.05, 4.69) is 20.0 Å². The second-order valence-corrected chi connectivity index (χ2v) is 8.20. The van der Waals surface area contributed by atoms with Crippen LogP contribution in [0.3, 0.4) is 0 Å². The Morgan fingerprint density at radius 1 is 1.26 bits per heavy atom. The highest BCUT2D eigenvalue weighted by molar-refractivity contribution is 6.11. The summed E-state index contributed by atoms with van der Waals surface area (Å²) in [5.41, 5.74) is 1.18. The number of hydrogen-bond donors (Lipinski definition) is 3. The lowest BCUT2D eigenvalue weighted by Gasteiger charge is -2.15. The fraction of sp³-hybridized carbons (Fsp3) is 0.348. The molecule has 1 aliphatic rings. The summed E-state index contributed by atoms with van der Waals surface area (Å²) in [4.78, 5) is 21.3. The molecule has 11 heteroatoms. The third kappa shape index (κ3) is 5.72. The second kappa shape index (κ2) is 9.82. The zero-order chi connectivity index (χ0) is 24.3. The minimum Gasteiger partial charge on any atom is -0.406 e. The highest BCUT2D eigenvalue weighted by Crippen LogP contribution is 2.29. The first-order valence-electron chi connectivity index (χ1n) is 10.6. The van der Waals surface area contributed by atoms with Gasteiger partial charge >= 0.3 is 6.36 Å². The summed E-state index contributed by atoms with van der Waals surface area (Å²) in [6.07, 6.45) is 1.54. The number of ether oxygens (including phenoxy) is 1. The molecule has 0 unspecified atom stereocenters. The van der Waals surface area contributed by atoms with E-state index < -0.39 is 12.5 Å². The van der Waals surface area contributed by atoms with E-state index in [1.54, 1.807) is 29.1 Å². The molecule has 8 nitrogen and oxygen atoms in total. The first-order valence-corrected chi connectivity index (χ1v) is 10.6. The van der Waals surface area contributed by atoms with Gasteiger partial charge in [-0.05, 0) is 36.6 Å². The number of nitrogens with zero attached hydrogens (tertiary/aromatic N) is 3. The van der Waals surface area contributed by atoms with Crippen molar-refractivity contribution in [3.8, 4) is 5.75 Å². The number of carbonyl (C=O) groups is 1. The summed E-state index contributed by atoms with van der Waals surface area (Å²) in [6.45, 7) is 0.120. The van der Waals surface area contributed by atoms with E-state index in [4.69, 9.17) is 0 Å². The molecule has 180 valence electrons. The van der Waals surface area contributed by atoms with E-state index in [0.29, 0.717) is 29.8 Å². The number of anilines is 1. The summed E-state index contributed by atoms with van der Waals surface area (Å²) >= 11 is 0. The number of alkyl halides is 3. The lowest BCUT2D eigenvalue weighted by molar-refractivity contribution is -0.274. The second-order valence-electron chi connectivity index (χ2n) is 8.20. The van der Waals surface area contributed by atoms with Gasteiger partial charge in [0.05, 0.1) is 11.7 Å². The molecule has 0 saturated heterocycles. The van der Waals surface area contributed by atoms with Crippen molar-refractivity contribution in [2.24, 2.45) is 5.92 Å². The largest absolute Gasteiger partial charge is 0.573 e. The highest BCUT2D eigenvalue weighted by Gasteiger charge is 2.33. The number of aromatic nitrogens is 3. The normalized spacial score (nSPS) is 20.3. The molecule has 3 atom stereocenters. The Balaban J connectivity index is 1.47. The average molecular weight is 476 g/mol. The van der Waals surface area contributed by atoms with Gasteiger partial charge in [0.15, 0.2) is 5.78 Å². The van der Waals surface area contributed by atoms with Crippen molar-refractivity contribution in [3.63, 3.8) is 0 Å². The minimum absolute atomic E-state index is 0.117. The van der Waals surface area contributed by atoms with Crippen LogP contribution < -0.4 is 10.1 Å². The Morgan fingerprint density at radius 2 is 2.09 bits per heavy atom. The van der Waals surface area contributed by atoms with E-state index in [-0.39, 0.29) is 42.2 Å². The molecule has 3 N–H and O–H groups in total. The molecule has 0 amide bonds. The lowest BCUT2D eigenvalue weighted by atomic mass is 10.1. The van der Waals surface area contributed by atoms with Gasteiger partial charge in [0.1, 0.15) is 17.9 Å². The van der Waals surface area contributed by atoms with Gasteiger partial charge in [-0.3, -0.25) is 4.79 Å². The predicted molar refractivity (Wildman–Crippen MR) is 115 cm³/mol. The van der Waals surface area contributed by atoms with E-state index in [1.807, 2.05) is 0 Å². The Kier molecular flexibility index (Phi) is 6.85. The van der Waals surface area contributed by atoms with Gasteiger partial charge in [-0.25, -0.2) is 9.97 Å². The zero-order valence-corrected chi connectivity index (χ0v) is 17.9. The van der Waals surface area contributed by atoms with Crippen LogP contribution in [0.1, 0.15) is 34.3 Å². The van der Waals surface area contributed by atoms with Crippen LogP contribution in [0.25, 0.3) is 0 Å². The summed E-state index contributed by atoms with van der Waals surface area (Å²) < 4.78 is 43.0. The van der Waals surface area contributed by atoms with E-state index in [9.17, 15) is 28.2 Å². The number of hydrogen-bond acceptors (Lipinski definition) is 7. The van der Waals surface area contributed by atoms with E-state index in [0.717, 1.165) is 0 Å². The lowest BCUT2D eigenvalue weighted by Crippen LogP contribution is -2.20. The van der Waals surface area contributed by atoms with Crippen molar-refractivity contribution >= 4 is 11.6 Å². The Labute approximate surface area is 193 Å². The van der Waals surface area contributed by atoms with Crippen molar-refractivity contribution in [2.75, 3.05) is 11.9 Å². The van der Waals surface area contributed by atoms with Crippen LogP contribution in [0.15, 0.2) is 55.2 Å². The molecule has 2 aromatic heterocycles. The fourth-order valence-corrected chi connectivity index (χ4v) is 4.10. The third-order valence-electron chi connectivity index (χ3n) is 5.70. The Bertz CT molecular complexity index is 1150. The molecule has 4 rings (SSSR count). The number of aliphatic hydroxyl groups is 2. The maximum atomic E-state index is 13.1. The maximum absolute atomic E-state index is 13.1. The summed E-state index contributed by atoms with van der Waals surface area (Å²) in [5.74, 6) is -0.535. The molecule has 0 bridgehead atoms. The molecule has 1 aromatic carbocycles. The number of ketones is 1. The van der Waals surface area contributed by atoms with Crippen LogP contribution in [0, 0.1) is 5.92 Å². The molecule has 0 spiro atoms. The number of halogens is 3. The Morgan fingerprint density at radius 3 is 2.82 bits per heavy atom. The van der Waals surface area contributed by atoms with Gasteiger partial charge < -0.3 is 24.8 Å². The molecule has 3 aromatic rings. The van der Waals surface area contributed by atoms with E-state index >= 15 is 0 Å². The first kappa shape index (κ1) is 23.7. The van der Waals surface area contributed by atoms with Crippen molar-refractivity contribution in [1.29, 1.82) is 0 Å². The van der Waals surface area contributed by atoms with Crippen LogP contribution in [0.4, 0.5) is 19.0 Å².